The molecule has 1 aromatic heterocycles. The molecule has 0 unspecified atom stereocenters. The smallest absolute Gasteiger partial charge is 0.301 e. The van der Waals surface area contributed by atoms with Gasteiger partial charge in [0.2, 0.25) is 5.13 Å². The van der Waals surface area contributed by atoms with E-state index in [0.717, 1.165) is 21.8 Å². The number of aryl methyl sites for hydroxylation is 1. The second-order valence-electron chi connectivity index (χ2n) is 8.08. The van der Waals surface area contributed by atoms with E-state index in [4.69, 9.17) is 4.74 Å². The van der Waals surface area contributed by atoms with Gasteiger partial charge in [-0.05, 0) is 43.2 Å². The summed E-state index contributed by atoms with van der Waals surface area (Å²) in [4.78, 5) is 38.3. The third-order valence-corrected chi connectivity index (χ3v) is 6.57. The average molecular weight is 478 g/mol. The normalized spacial score (nSPS) is 20.9. The van der Waals surface area contributed by atoms with Gasteiger partial charge < -0.3 is 9.84 Å². The minimum absolute atomic E-state index is 0.0107. The first-order valence-electron chi connectivity index (χ1n) is 10.4. The van der Waals surface area contributed by atoms with Crippen molar-refractivity contribution in [3.63, 3.8) is 0 Å². The zero-order chi connectivity index (χ0) is 24.1. The fourth-order valence-electron chi connectivity index (χ4n) is 4.26. The van der Waals surface area contributed by atoms with Crippen LogP contribution in [0.25, 0.3) is 5.76 Å². The fourth-order valence-corrected chi connectivity index (χ4v) is 4.98. The van der Waals surface area contributed by atoms with Crippen molar-refractivity contribution in [1.82, 2.24) is 10.2 Å². The number of aromatic nitrogens is 2. The number of amides is 1. The molecular weight excluding hydrogens is 460 g/mol. The number of carbonyl (C=O) groups excluding carboxylic acids is 2. The lowest BCUT2D eigenvalue weighted by molar-refractivity contribution is -0.384. The van der Waals surface area contributed by atoms with Crippen molar-refractivity contribution in [1.29, 1.82) is 0 Å². The number of nitro benzene ring substituents is 1. The Morgan fingerprint density at radius 2 is 2.03 bits per heavy atom. The summed E-state index contributed by atoms with van der Waals surface area (Å²) in [6, 6.07) is 9.55. The number of nitro groups is 1. The Bertz CT molecular complexity index is 1400. The number of benzene rings is 2. The number of fused-ring (bicyclic) bond motifs is 1. The summed E-state index contributed by atoms with van der Waals surface area (Å²) >= 11 is 1.10. The van der Waals surface area contributed by atoms with Crippen LogP contribution in [0.3, 0.4) is 0 Å². The molecule has 3 aromatic rings. The highest BCUT2D eigenvalue weighted by atomic mass is 32.1. The molecule has 11 heteroatoms. The van der Waals surface area contributed by atoms with Crippen molar-refractivity contribution in [3.8, 4) is 5.75 Å². The van der Waals surface area contributed by atoms with Crippen LogP contribution in [-0.2, 0) is 16.0 Å². The van der Waals surface area contributed by atoms with E-state index in [1.165, 1.54) is 18.2 Å². The fraction of sp³-hybridized carbons (Fsp3) is 0.217. The minimum atomic E-state index is -1.12. The lowest BCUT2D eigenvalue weighted by Gasteiger charge is -2.22. The van der Waals surface area contributed by atoms with Crippen molar-refractivity contribution >= 4 is 39.6 Å². The van der Waals surface area contributed by atoms with Crippen molar-refractivity contribution in [3.05, 3.63) is 79.8 Å². The van der Waals surface area contributed by atoms with Gasteiger partial charge >= 0.3 is 5.91 Å². The maximum Gasteiger partial charge on any atom is 0.301 e. The van der Waals surface area contributed by atoms with Crippen molar-refractivity contribution in [2.45, 2.75) is 32.4 Å². The number of nitrogens with zero attached hydrogens (tertiary/aromatic N) is 4. The number of ketones is 1. The molecule has 2 aliphatic rings. The van der Waals surface area contributed by atoms with Gasteiger partial charge in [0.05, 0.1) is 16.5 Å². The molecule has 0 aliphatic carbocycles. The number of hydrogen-bond donors (Lipinski definition) is 1. The van der Waals surface area contributed by atoms with E-state index in [9.17, 15) is 24.8 Å². The van der Waals surface area contributed by atoms with Gasteiger partial charge in [-0.15, -0.1) is 10.2 Å². The van der Waals surface area contributed by atoms with Crippen LogP contribution in [0.5, 0.6) is 5.75 Å². The van der Waals surface area contributed by atoms with Gasteiger partial charge in [-0.25, -0.2) is 0 Å². The second kappa shape index (κ2) is 8.03. The summed E-state index contributed by atoms with van der Waals surface area (Å²) in [5.41, 5.74) is 1.13. The number of aliphatic hydroxyl groups is 1. The number of ether oxygens (including phenoxy) is 1. The van der Waals surface area contributed by atoms with Crippen LogP contribution in [-0.4, -0.2) is 38.0 Å². The molecule has 34 heavy (non-hydrogen) atoms. The number of carbonyl (C=O) groups is 2. The highest BCUT2D eigenvalue weighted by Crippen LogP contribution is 2.44. The zero-order valence-electron chi connectivity index (χ0n) is 18.1. The van der Waals surface area contributed by atoms with Crippen LogP contribution in [0.15, 0.2) is 48.0 Å². The number of hydrogen-bond acceptors (Lipinski definition) is 9. The van der Waals surface area contributed by atoms with Crippen molar-refractivity contribution in [2.24, 2.45) is 0 Å². The van der Waals surface area contributed by atoms with Crippen LogP contribution in [0.2, 0.25) is 0 Å². The average Bonchev–Trinajstić information content (AvgIpc) is 3.48. The topological polar surface area (TPSA) is 136 Å². The molecule has 10 nitrogen and oxygen atoms in total. The van der Waals surface area contributed by atoms with Crippen molar-refractivity contribution < 1.29 is 24.4 Å². The number of Topliss-reactive ketones (excluding diaryl/α,β-unsaturated/α-hetero) is 1. The van der Waals surface area contributed by atoms with E-state index in [1.54, 1.807) is 31.2 Å². The number of rotatable bonds is 4. The lowest BCUT2D eigenvalue weighted by Crippen LogP contribution is -2.29. The molecule has 172 valence electrons. The molecule has 0 radical (unpaired) electrons. The third-order valence-electron chi connectivity index (χ3n) is 5.73. The quantitative estimate of drug-likeness (QED) is 0.197. The van der Waals surface area contributed by atoms with Crippen LogP contribution in [0.4, 0.5) is 10.8 Å². The molecule has 0 bridgehead atoms. The van der Waals surface area contributed by atoms with Crippen LogP contribution >= 0.6 is 11.3 Å². The molecule has 0 spiro atoms. The first-order valence-corrected chi connectivity index (χ1v) is 11.2. The molecule has 1 amide bonds. The van der Waals surface area contributed by atoms with Gasteiger partial charge in [-0.3, -0.25) is 24.6 Å². The highest BCUT2D eigenvalue weighted by molar-refractivity contribution is 7.15. The van der Waals surface area contributed by atoms with E-state index in [-0.39, 0.29) is 28.3 Å². The SMILES string of the molecule is Cc1nnc(N2C(=O)C(=O)C(=C(O)c3ccc4c(c3)C[C@H](C)O4)[C@H]2c2cccc([N+](=O)[O-])c2)s1. The van der Waals surface area contributed by atoms with Crippen LogP contribution in [0, 0.1) is 17.0 Å². The third kappa shape index (κ3) is 3.50. The summed E-state index contributed by atoms with van der Waals surface area (Å²) < 4.78 is 5.70. The Morgan fingerprint density at radius 3 is 2.74 bits per heavy atom. The van der Waals surface area contributed by atoms with E-state index < -0.39 is 22.7 Å². The molecule has 5 rings (SSSR count). The monoisotopic (exact) mass is 478 g/mol. The Morgan fingerprint density at radius 1 is 1.24 bits per heavy atom. The molecular formula is C23H18N4O6S. The molecule has 1 fully saturated rings. The first-order chi connectivity index (χ1) is 16.2. The van der Waals surface area contributed by atoms with Crippen molar-refractivity contribution in [2.75, 3.05) is 4.90 Å². The molecule has 2 atom stereocenters. The Labute approximate surface area is 197 Å². The summed E-state index contributed by atoms with van der Waals surface area (Å²) in [5.74, 6) is -1.48. The summed E-state index contributed by atoms with van der Waals surface area (Å²) in [6.07, 6.45) is 0.631. The largest absolute Gasteiger partial charge is 0.507 e. The summed E-state index contributed by atoms with van der Waals surface area (Å²) in [7, 11) is 0. The van der Waals surface area contributed by atoms with Gasteiger partial charge in [0.1, 0.15) is 22.6 Å². The van der Waals surface area contributed by atoms with Crippen LogP contribution < -0.4 is 9.64 Å². The predicted octanol–water partition coefficient (Wildman–Crippen LogP) is 3.70. The zero-order valence-corrected chi connectivity index (χ0v) is 18.9. The first kappa shape index (κ1) is 21.7. The van der Waals surface area contributed by atoms with Gasteiger partial charge in [0.25, 0.3) is 11.5 Å². The number of non-ortho nitro benzene ring substituents is 1. The van der Waals surface area contributed by atoms with Gasteiger partial charge in [0.15, 0.2) is 0 Å². The Hall–Kier alpha value is -4.12. The second-order valence-corrected chi connectivity index (χ2v) is 9.24. The van der Waals surface area contributed by atoms with Gasteiger partial charge in [-0.1, -0.05) is 23.5 Å². The summed E-state index contributed by atoms with van der Waals surface area (Å²) in [5, 5.41) is 31.3. The van der Waals surface area contributed by atoms with Crippen LogP contribution in [0.1, 0.15) is 34.7 Å². The molecule has 1 saturated heterocycles. The molecule has 1 N–H and O–H groups in total. The standard InChI is InChI=1S/C23H18N4O6S/c1-11-8-15-9-14(6-7-17(15)33-11)20(28)18-19(13-4-3-5-16(10-13)27(31)32)26(22(30)21(18)29)23-25-24-12(2)34-23/h3-7,9-11,19,28H,8H2,1-2H3/t11-,19+/m0/s1. The van der Waals surface area contributed by atoms with E-state index in [2.05, 4.69) is 10.2 Å². The maximum absolute atomic E-state index is 13.2. The molecule has 2 aromatic carbocycles. The van der Waals surface area contributed by atoms with E-state index in [1.807, 2.05) is 6.92 Å². The minimum Gasteiger partial charge on any atom is -0.507 e. The van der Waals surface area contributed by atoms with E-state index >= 15 is 0 Å². The lowest BCUT2D eigenvalue weighted by atomic mass is 9.94. The molecule has 2 aliphatic heterocycles. The molecule has 0 saturated carbocycles. The highest BCUT2D eigenvalue weighted by Gasteiger charge is 2.48. The maximum atomic E-state index is 13.2. The number of aliphatic hydroxyl groups excluding tert-OH is 1. The Balaban J connectivity index is 1.70. The Kier molecular flexibility index (Phi) is 5.13. The number of anilines is 1. The van der Waals surface area contributed by atoms with E-state index in [0.29, 0.717) is 28.3 Å². The summed E-state index contributed by atoms with van der Waals surface area (Å²) in [6.45, 7) is 3.63. The van der Waals surface area contributed by atoms with Gasteiger partial charge in [-0.2, -0.15) is 0 Å². The van der Waals surface area contributed by atoms with Gasteiger partial charge in [0, 0.05) is 24.1 Å². The predicted molar refractivity (Wildman–Crippen MR) is 123 cm³/mol. The molecule has 3 heterocycles.